The fourth-order valence-corrected chi connectivity index (χ4v) is 4.51. The number of guanidine groups is 1. The number of rotatable bonds is 8. The van der Waals surface area contributed by atoms with Crippen LogP contribution in [0.1, 0.15) is 43.7 Å². The topological polar surface area (TPSA) is 70.6 Å². The number of aryl methyl sites for hydroxylation is 1. The molecule has 0 heterocycles. The van der Waals surface area contributed by atoms with Crippen molar-refractivity contribution in [1.82, 2.24) is 10.6 Å². The summed E-state index contributed by atoms with van der Waals surface area (Å²) in [5, 5.41) is 6.64. The Balaban J connectivity index is 0.00000338. The lowest BCUT2D eigenvalue weighted by molar-refractivity contribution is 0.549. The average molecular weight is 493 g/mol. The maximum Gasteiger partial charge on any atom is 0.191 e. The molecule has 0 amide bonds. The molecule has 1 unspecified atom stereocenters. The van der Waals surface area contributed by atoms with Gasteiger partial charge in [0.2, 0.25) is 0 Å². The lowest BCUT2D eigenvalue weighted by Crippen LogP contribution is -2.39. The standard InChI is InChI=1S/C19H31N3O2S.HI/c1-5-20-18(22-13-19(9-10-19)14-25(4,23)24)21-12-16(3)17-8-6-7-15(2)11-17;/h6-8,11,16H,5,9-10,12-14H2,1-4H3,(H2,20,21,22);1H. The minimum Gasteiger partial charge on any atom is -0.357 e. The van der Waals surface area contributed by atoms with Gasteiger partial charge in [0.1, 0.15) is 9.84 Å². The van der Waals surface area contributed by atoms with Gasteiger partial charge in [-0.1, -0.05) is 36.8 Å². The zero-order chi connectivity index (χ0) is 18.5. The van der Waals surface area contributed by atoms with Crippen LogP contribution in [0.4, 0.5) is 0 Å². The van der Waals surface area contributed by atoms with Crippen molar-refractivity contribution in [2.24, 2.45) is 10.4 Å². The normalized spacial score (nSPS) is 17.2. The second-order valence-corrected chi connectivity index (χ2v) is 9.60. The van der Waals surface area contributed by atoms with Crippen LogP contribution in [-0.4, -0.2) is 46.0 Å². The molecule has 26 heavy (non-hydrogen) atoms. The Morgan fingerprint density at radius 3 is 2.54 bits per heavy atom. The summed E-state index contributed by atoms with van der Waals surface area (Å²) in [6, 6.07) is 8.55. The van der Waals surface area contributed by atoms with E-state index in [-0.39, 0.29) is 35.1 Å². The number of nitrogens with zero attached hydrogens (tertiary/aromatic N) is 1. The van der Waals surface area contributed by atoms with E-state index in [0.717, 1.165) is 31.9 Å². The van der Waals surface area contributed by atoms with Crippen LogP contribution in [-0.2, 0) is 9.84 Å². The van der Waals surface area contributed by atoms with Gasteiger partial charge >= 0.3 is 0 Å². The summed E-state index contributed by atoms with van der Waals surface area (Å²) in [5.74, 6) is 1.37. The summed E-state index contributed by atoms with van der Waals surface area (Å²) in [5.41, 5.74) is 2.43. The van der Waals surface area contributed by atoms with Gasteiger partial charge in [-0.05, 0) is 38.2 Å². The first-order valence-electron chi connectivity index (χ1n) is 8.99. The Kier molecular flexibility index (Phi) is 8.85. The molecule has 0 spiro atoms. The first-order valence-corrected chi connectivity index (χ1v) is 11.1. The number of sulfone groups is 1. The highest BCUT2D eigenvalue weighted by molar-refractivity contribution is 14.0. The SMILES string of the molecule is CCNC(=NCC1(CS(C)(=O)=O)CC1)NCC(C)c1cccc(C)c1.I. The summed E-state index contributed by atoms with van der Waals surface area (Å²) < 4.78 is 23.2. The molecule has 0 aliphatic heterocycles. The highest BCUT2D eigenvalue weighted by Crippen LogP contribution is 2.46. The number of nitrogens with one attached hydrogen (secondary N) is 2. The number of hydrogen-bond acceptors (Lipinski definition) is 3. The second kappa shape index (κ2) is 9.92. The van der Waals surface area contributed by atoms with Crippen molar-refractivity contribution in [3.8, 4) is 0 Å². The van der Waals surface area contributed by atoms with Crippen LogP contribution in [0.5, 0.6) is 0 Å². The highest BCUT2D eigenvalue weighted by atomic mass is 127. The van der Waals surface area contributed by atoms with E-state index in [0.29, 0.717) is 12.5 Å². The average Bonchev–Trinajstić information content (AvgIpc) is 3.27. The molecule has 1 aromatic carbocycles. The number of hydrogen-bond donors (Lipinski definition) is 2. The maximum absolute atomic E-state index is 11.6. The van der Waals surface area contributed by atoms with Crippen molar-refractivity contribution in [3.05, 3.63) is 35.4 Å². The Morgan fingerprint density at radius 1 is 1.31 bits per heavy atom. The van der Waals surface area contributed by atoms with Gasteiger partial charge in [0, 0.05) is 31.3 Å². The summed E-state index contributed by atoms with van der Waals surface area (Å²) in [7, 11) is -2.96. The van der Waals surface area contributed by atoms with Gasteiger partial charge in [0.05, 0.1) is 5.75 Å². The lowest BCUT2D eigenvalue weighted by atomic mass is 9.99. The third kappa shape index (κ3) is 7.82. The minimum atomic E-state index is -2.96. The van der Waals surface area contributed by atoms with Crippen molar-refractivity contribution in [1.29, 1.82) is 0 Å². The molecule has 1 aliphatic carbocycles. The van der Waals surface area contributed by atoms with Crippen LogP contribution in [0.3, 0.4) is 0 Å². The quantitative estimate of drug-likeness (QED) is 0.332. The van der Waals surface area contributed by atoms with E-state index < -0.39 is 9.84 Å². The number of aliphatic imine (C=N–C) groups is 1. The fraction of sp³-hybridized carbons (Fsp3) is 0.632. The van der Waals surface area contributed by atoms with E-state index in [4.69, 9.17) is 0 Å². The molecule has 0 aromatic heterocycles. The first-order chi connectivity index (χ1) is 11.7. The van der Waals surface area contributed by atoms with Crippen molar-refractivity contribution < 1.29 is 8.42 Å². The predicted molar refractivity (Wildman–Crippen MR) is 120 cm³/mol. The summed E-state index contributed by atoms with van der Waals surface area (Å²) in [6.45, 7) is 8.46. The molecule has 2 rings (SSSR count). The molecule has 0 radical (unpaired) electrons. The van der Waals surface area contributed by atoms with Crippen molar-refractivity contribution >= 4 is 39.8 Å². The molecule has 1 fully saturated rings. The van der Waals surface area contributed by atoms with Gasteiger partial charge in [0.15, 0.2) is 5.96 Å². The molecule has 1 atom stereocenters. The maximum atomic E-state index is 11.6. The zero-order valence-electron chi connectivity index (χ0n) is 16.2. The lowest BCUT2D eigenvalue weighted by Gasteiger charge is -2.18. The van der Waals surface area contributed by atoms with E-state index >= 15 is 0 Å². The first kappa shape index (κ1) is 23.2. The van der Waals surface area contributed by atoms with Crippen molar-refractivity contribution in [2.75, 3.05) is 31.6 Å². The Labute approximate surface area is 175 Å². The zero-order valence-corrected chi connectivity index (χ0v) is 19.4. The largest absolute Gasteiger partial charge is 0.357 e. The van der Waals surface area contributed by atoms with Gasteiger partial charge in [-0.3, -0.25) is 4.99 Å². The van der Waals surface area contributed by atoms with Gasteiger partial charge < -0.3 is 10.6 Å². The predicted octanol–water partition coefficient (Wildman–Crippen LogP) is 3.10. The molecule has 148 valence electrons. The van der Waals surface area contributed by atoms with Crippen LogP contribution in [0.15, 0.2) is 29.3 Å². The summed E-state index contributed by atoms with van der Waals surface area (Å²) in [6.07, 6.45) is 3.20. The summed E-state index contributed by atoms with van der Waals surface area (Å²) in [4.78, 5) is 4.64. The third-order valence-corrected chi connectivity index (χ3v) is 5.77. The van der Waals surface area contributed by atoms with Gasteiger partial charge in [0.25, 0.3) is 0 Å². The van der Waals surface area contributed by atoms with Gasteiger partial charge in [-0.2, -0.15) is 0 Å². The minimum absolute atomic E-state index is 0. The molecule has 0 bridgehead atoms. The molecule has 7 heteroatoms. The van der Waals surface area contributed by atoms with Crippen LogP contribution >= 0.6 is 24.0 Å². The number of halogens is 1. The van der Waals surface area contributed by atoms with Crippen LogP contribution < -0.4 is 10.6 Å². The second-order valence-electron chi connectivity index (χ2n) is 7.46. The molecular formula is C19H32IN3O2S. The van der Waals surface area contributed by atoms with Crippen molar-refractivity contribution in [2.45, 2.75) is 39.5 Å². The highest BCUT2D eigenvalue weighted by Gasteiger charge is 2.45. The Bertz CT molecular complexity index is 715. The van der Waals surface area contributed by atoms with E-state index in [1.54, 1.807) is 0 Å². The number of benzene rings is 1. The van der Waals surface area contributed by atoms with Crippen LogP contribution in [0.2, 0.25) is 0 Å². The smallest absolute Gasteiger partial charge is 0.191 e. The summed E-state index contributed by atoms with van der Waals surface area (Å²) >= 11 is 0. The van der Waals surface area contributed by atoms with E-state index in [1.165, 1.54) is 17.4 Å². The van der Waals surface area contributed by atoms with Crippen molar-refractivity contribution in [3.63, 3.8) is 0 Å². The van der Waals surface area contributed by atoms with Gasteiger partial charge in [-0.25, -0.2) is 8.42 Å². The molecule has 2 N–H and O–H groups in total. The fourth-order valence-electron chi connectivity index (χ4n) is 3.01. The molecule has 5 nitrogen and oxygen atoms in total. The van der Waals surface area contributed by atoms with E-state index in [1.807, 2.05) is 6.92 Å². The molecule has 1 aliphatic rings. The molecule has 1 aromatic rings. The Morgan fingerprint density at radius 2 is 2.00 bits per heavy atom. The Hall–Kier alpha value is -0.830. The van der Waals surface area contributed by atoms with E-state index in [2.05, 4.69) is 53.7 Å². The van der Waals surface area contributed by atoms with E-state index in [9.17, 15) is 8.42 Å². The molecule has 0 saturated heterocycles. The monoisotopic (exact) mass is 493 g/mol. The molecule has 1 saturated carbocycles. The van der Waals surface area contributed by atoms with Gasteiger partial charge in [-0.15, -0.1) is 24.0 Å². The molecular weight excluding hydrogens is 461 g/mol. The van der Waals surface area contributed by atoms with Crippen LogP contribution in [0.25, 0.3) is 0 Å². The van der Waals surface area contributed by atoms with Crippen LogP contribution in [0, 0.1) is 12.3 Å². The third-order valence-electron chi connectivity index (χ3n) is 4.63.